The first-order valence-corrected chi connectivity index (χ1v) is 7.55. The Hall–Kier alpha value is -2.24. The molecule has 0 radical (unpaired) electrons. The molecule has 0 bridgehead atoms. The summed E-state index contributed by atoms with van der Waals surface area (Å²) < 4.78 is 11.3. The van der Waals surface area contributed by atoms with Crippen LogP contribution in [0.25, 0.3) is 0 Å². The van der Waals surface area contributed by atoms with E-state index in [0.29, 0.717) is 5.75 Å². The monoisotopic (exact) mass is 321 g/mol. The summed E-state index contributed by atoms with van der Waals surface area (Å²) in [7, 11) is 0. The molecule has 1 fully saturated rings. The SMILES string of the molecule is Cc1ccccc1OC1(CC(=O)O)CN(C(=O)OC(C)(C)C)C1. The third kappa shape index (κ3) is 4.37. The van der Waals surface area contributed by atoms with E-state index in [4.69, 9.17) is 14.6 Å². The summed E-state index contributed by atoms with van der Waals surface area (Å²) in [6.07, 6.45) is -0.618. The van der Waals surface area contributed by atoms with Crippen LogP contribution in [0, 0.1) is 6.92 Å². The van der Waals surface area contributed by atoms with Gasteiger partial charge in [-0.15, -0.1) is 0 Å². The normalized spacial score (nSPS) is 16.4. The number of carbonyl (C=O) groups excluding carboxylic acids is 1. The van der Waals surface area contributed by atoms with Gasteiger partial charge in [-0.3, -0.25) is 9.69 Å². The quantitative estimate of drug-likeness (QED) is 0.923. The highest BCUT2D eigenvalue weighted by atomic mass is 16.6. The Bertz CT molecular complexity index is 599. The number of aliphatic carboxylic acids is 1. The summed E-state index contributed by atoms with van der Waals surface area (Å²) in [4.78, 5) is 24.7. The van der Waals surface area contributed by atoms with Gasteiger partial charge in [-0.1, -0.05) is 18.2 Å². The van der Waals surface area contributed by atoms with E-state index in [9.17, 15) is 9.59 Å². The summed E-state index contributed by atoms with van der Waals surface area (Å²) in [5.74, 6) is -0.319. The second-order valence-electron chi connectivity index (χ2n) is 6.96. The maximum Gasteiger partial charge on any atom is 0.410 e. The number of rotatable bonds is 4. The van der Waals surface area contributed by atoms with Gasteiger partial charge in [0.15, 0.2) is 5.60 Å². The van der Waals surface area contributed by atoms with Crippen LogP contribution < -0.4 is 4.74 Å². The number of likely N-dealkylation sites (tertiary alicyclic amines) is 1. The van der Waals surface area contributed by atoms with Gasteiger partial charge in [0, 0.05) is 0 Å². The van der Waals surface area contributed by atoms with Crippen molar-refractivity contribution in [1.82, 2.24) is 4.90 Å². The highest BCUT2D eigenvalue weighted by molar-refractivity contribution is 5.72. The predicted octanol–water partition coefficient (Wildman–Crippen LogP) is 2.84. The molecule has 1 saturated heterocycles. The maximum absolute atomic E-state index is 12.0. The number of carboxylic acid groups (broad SMARTS) is 1. The number of nitrogens with zero attached hydrogens (tertiary/aromatic N) is 1. The first kappa shape index (κ1) is 17.1. The lowest BCUT2D eigenvalue weighted by Gasteiger charge is -2.48. The Kier molecular flexibility index (Phi) is 4.54. The fourth-order valence-corrected chi connectivity index (χ4v) is 2.50. The lowest BCUT2D eigenvalue weighted by molar-refractivity contribution is -0.149. The first-order chi connectivity index (χ1) is 10.6. The van der Waals surface area contributed by atoms with Crippen molar-refractivity contribution in [2.45, 2.75) is 45.3 Å². The second kappa shape index (κ2) is 6.10. The molecular weight excluding hydrogens is 298 g/mol. The highest BCUT2D eigenvalue weighted by Crippen LogP contribution is 2.33. The molecule has 1 N–H and O–H groups in total. The molecule has 1 aromatic rings. The summed E-state index contributed by atoms with van der Waals surface area (Å²) in [5.41, 5.74) is -0.568. The lowest BCUT2D eigenvalue weighted by Crippen LogP contribution is -2.67. The van der Waals surface area contributed by atoms with E-state index in [1.807, 2.05) is 25.1 Å². The largest absolute Gasteiger partial charge is 0.483 e. The summed E-state index contributed by atoms with van der Waals surface area (Å²) in [5, 5.41) is 9.16. The van der Waals surface area contributed by atoms with Crippen LogP contribution in [0.15, 0.2) is 24.3 Å². The van der Waals surface area contributed by atoms with Crippen LogP contribution in [-0.4, -0.2) is 46.4 Å². The fourth-order valence-electron chi connectivity index (χ4n) is 2.50. The minimum absolute atomic E-state index is 0.166. The van der Waals surface area contributed by atoms with Crippen molar-refractivity contribution in [2.75, 3.05) is 13.1 Å². The fraction of sp³-hybridized carbons (Fsp3) is 0.529. The van der Waals surface area contributed by atoms with Gasteiger partial charge in [0.25, 0.3) is 0 Å². The number of amides is 1. The molecule has 6 heteroatoms. The summed E-state index contributed by atoms with van der Waals surface area (Å²) in [6, 6.07) is 7.42. The number of para-hydroxylation sites is 1. The Morgan fingerprint density at radius 2 is 1.87 bits per heavy atom. The molecule has 0 atom stereocenters. The van der Waals surface area contributed by atoms with Crippen LogP contribution in [0.5, 0.6) is 5.75 Å². The molecule has 1 aromatic carbocycles. The predicted molar refractivity (Wildman–Crippen MR) is 84.6 cm³/mol. The number of benzene rings is 1. The molecule has 6 nitrogen and oxygen atoms in total. The van der Waals surface area contributed by atoms with E-state index < -0.39 is 23.3 Å². The van der Waals surface area contributed by atoms with E-state index in [1.165, 1.54) is 4.90 Å². The molecule has 0 unspecified atom stereocenters. The van der Waals surface area contributed by atoms with Crippen LogP contribution >= 0.6 is 0 Å². The van der Waals surface area contributed by atoms with Crippen LogP contribution in [0.1, 0.15) is 32.8 Å². The average Bonchev–Trinajstić information content (AvgIpc) is 2.35. The standard InChI is InChI=1S/C17H23NO5/c1-12-7-5-6-8-13(12)22-17(9-14(19)20)10-18(11-17)15(21)23-16(2,3)4/h5-8H,9-11H2,1-4H3,(H,19,20). The Morgan fingerprint density at radius 3 is 2.39 bits per heavy atom. The summed E-state index contributed by atoms with van der Waals surface area (Å²) >= 11 is 0. The lowest BCUT2D eigenvalue weighted by atomic mass is 9.90. The molecule has 0 spiro atoms. The number of ether oxygens (including phenoxy) is 2. The van der Waals surface area contributed by atoms with Crippen LogP contribution in [0.2, 0.25) is 0 Å². The van der Waals surface area contributed by atoms with E-state index in [2.05, 4.69) is 0 Å². The van der Waals surface area contributed by atoms with Crippen molar-refractivity contribution < 1.29 is 24.2 Å². The molecule has 0 saturated carbocycles. The minimum Gasteiger partial charge on any atom is -0.483 e. The Labute approximate surface area is 136 Å². The number of hydrogen-bond acceptors (Lipinski definition) is 4. The van der Waals surface area contributed by atoms with Crippen molar-refractivity contribution in [3.63, 3.8) is 0 Å². The van der Waals surface area contributed by atoms with E-state index in [1.54, 1.807) is 26.8 Å². The van der Waals surface area contributed by atoms with Gasteiger partial charge in [0.05, 0.1) is 19.5 Å². The molecular formula is C17H23NO5. The van der Waals surface area contributed by atoms with Gasteiger partial charge in [0.1, 0.15) is 11.4 Å². The average molecular weight is 321 g/mol. The van der Waals surface area contributed by atoms with Crippen molar-refractivity contribution in [2.24, 2.45) is 0 Å². The molecule has 1 heterocycles. The second-order valence-corrected chi connectivity index (χ2v) is 6.96. The third-order valence-electron chi connectivity index (χ3n) is 3.50. The molecule has 1 aliphatic heterocycles. The minimum atomic E-state index is -0.956. The molecule has 0 aliphatic carbocycles. The van der Waals surface area contributed by atoms with Crippen molar-refractivity contribution in [1.29, 1.82) is 0 Å². The number of carbonyl (C=O) groups is 2. The van der Waals surface area contributed by atoms with Crippen molar-refractivity contribution in [3.05, 3.63) is 29.8 Å². The van der Waals surface area contributed by atoms with Crippen molar-refractivity contribution >= 4 is 12.1 Å². The smallest absolute Gasteiger partial charge is 0.410 e. The highest BCUT2D eigenvalue weighted by Gasteiger charge is 2.50. The van der Waals surface area contributed by atoms with Gasteiger partial charge in [-0.25, -0.2) is 4.79 Å². The van der Waals surface area contributed by atoms with E-state index in [0.717, 1.165) is 5.56 Å². The van der Waals surface area contributed by atoms with E-state index >= 15 is 0 Å². The van der Waals surface area contributed by atoms with Crippen LogP contribution in [0.4, 0.5) is 4.79 Å². The van der Waals surface area contributed by atoms with Crippen LogP contribution in [-0.2, 0) is 9.53 Å². The topological polar surface area (TPSA) is 76.1 Å². The number of carboxylic acids is 1. The van der Waals surface area contributed by atoms with Crippen molar-refractivity contribution in [3.8, 4) is 5.75 Å². The summed E-state index contributed by atoms with van der Waals surface area (Å²) in [6.45, 7) is 7.66. The zero-order valence-electron chi connectivity index (χ0n) is 14.0. The van der Waals surface area contributed by atoms with E-state index in [-0.39, 0.29) is 19.5 Å². The third-order valence-corrected chi connectivity index (χ3v) is 3.50. The Balaban J connectivity index is 2.08. The first-order valence-electron chi connectivity index (χ1n) is 7.55. The van der Waals surface area contributed by atoms with Gasteiger partial charge in [0.2, 0.25) is 0 Å². The Morgan fingerprint density at radius 1 is 1.26 bits per heavy atom. The number of aryl methyl sites for hydroxylation is 1. The van der Waals surface area contributed by atoms with Crippen LogP contribution in [0.3, 0.4) is 0 Å². The molecule has 1 amide bonds. The molecule has 2 rings (SSSR count). The maximum atomic E-state index is 12.0. The molecule has 23 heavy (non-hydrogen) atoms. The zero-order valence-corrected chi connectivity index (χ0v) is 14.0. The van der Waals surface area contributed by atoms with Gasteiger partial charge < -0.3 is 14.6 Å². The van der Waals surface area contributed by atoms with Gasteiger partial charge in [-0.2, -0.15) is 0 Å². The molecule has 126 valence electrons. The van der Waals surface area contributed by atoms with Gasteiger partial charge in [-0.05, 0) is 39.3 Å². The molecule has 1 aliphatic rings. The molecule has 0 aromatic heterocycles. The number of hydrogen-bond donors (Lipinski definition) is 1. The van der Waals surface area contributed by atoms with Gasteiger partial charge >= 0.3 is 12.1 Å². The zero-order chi connectivity index (χ0) is 17.3.